The van der Waals surface area contributed by atoms with Crippen LogP contribution in [0.15, 0.2) is 36.4 Å². The molecule has 0 saturated heterocycles. The Morgan fingerprint density at radius 2 is 2.12 bits per heavy atom. The molecule has 1 N–H and O–H groups in total. The van der Waals surface area contributed by atoms with Crippen LogP contribution < -0.4 is 0 Å². The van der Waals surface area contributed by atoms with Gasteiger partial charge in [-0.2, -0.15) is 0 Å². The molecule has 0 aliphatic carbocycles. The lowest BCUT2D eigenvalue weighted by molar-refractivity contribution is 0.103. The van der Waals surface area contributed by atoms with E-state index in [1.54, 1.807) is 13.3 Å². The molecule has 0 saturated carbocycles. The first kappa shape index (κ1) is 16.5. The number of nitrogens with one attached hydrogen (secondary N) is 1. The van der Waals surface area contributed by atoms with Gasteiger partial charge in [0.25, 0.3) is 0 Å². The first-order chi connectivity index (χ1) is 11.3. The fourth-order valence-corrected chi connectivity index (χ4v) is 3.44. The molecule has 3 aromatic rings. The molecule has 5 heteroatoms. The molecule has 0 aliphatic rings. The van der Waals surface area contributed by atoms with E-state index in [-0.39, 0.29) is 12.6 Å². The van der Waals surface area contributed by atoms with Crippen molar-refractivity contribution in [2.75, 3.05) is 7.11 Å². The Kier molecular flexibility index (Phi) is 4.05. The Balaban J connectivity index is 0.00000225. The van der Waals surface area contributed by atoms with Crippen molar-refractivity contribution in [2.45, 2.75) is 26.2 Å². The molecule has 2 aromatic heterocycles. The predicted octanol–water partition coefficient (Wildman–Crippen LogP) is 5.02. The minimum absolute atomic E-state index is 0. The lowest BCUT2D eigenvalue weighted by Crippen LogP contribution is -2.12. The lowest BCUT2D eigenvalue weighted by Gasteiger charge is -2.14. The van der Waals surface area contributed by atoms with E-state index in [0.717, 1.165) is 22.2 Å². The molecule has 1 aromatic carbocycles. The van der Waals surface area contributed by atoms with Gasteiger partial charge in [-0.3, -0.25) is 4.79 Å². The number of thiazole rings is 1. The normalized spacial score (nSPS) is 11.7. The Morgan fingerprint density at radius 1 is 1.38 bits per heavy atom. The molecule has 3 rings (SSSR count). The van der Waals surface area contributed by atoms with Gasteiger partial charge in [-0.05, 0) is 6.07 Å². The number of hydrogen-bond donors (Lipinski definition) is 1. The number of benzene rings is 1. The van der Waals surface area contributed by atoms with E-state index >= 15 is 0 Å². The first-order valence-corrected chi connectivity index (χ1v) is 8.54. The smallest absolute Gasteiger partial charge is 0.223 e. The third-order valence-corrected chi connectivity index (χ3v) is 4.80. The van der Waals surface area contributed by atoms with Crippen molar-refractivity contribution < 1.29 is 11.0 Å². The van der Waals surface area contributed by atoms with Gasteiger partial charge in [-0.15, -0.1) is 11.3 Å². The molecular weight excluding hydrogens is 320 g/mol. The zero-order chi connectivity index (χ0) is 17.5. The van der Waals surface area contributed by atoms with Gasteiger partial charge >= 0.3 is 0 Å². The van der Waals surface area contributed by atoms with E-state index in [9.17, 15) is 4.79 Å². The lowest BCUT2D eigenvalue weighted by atomic mass is 9.93. The van der Waals surface area contributed by atoms with Crippen molar-refractivity contribution in [3.63, 3.8) is 0 Å². The van der Waals surface area contributed by atoms with Crippen LogP contribution >= 0.6 is 11.3 Å². The van der Waals surface area contributed by atoms with Gasteiger partial charge < -0.3 is 9.72 Å². The maximum Gasteiger partial charge on any atom is 0.223 e. The summed E-state index contributed by atoms with van der Waals surface area (Å²) in [7, 11) is 1.59. The summed E-state index contributed by atoms with van der Waals surface area (Å²) < 4.78 is 5.16. The van der Waals surface area contributed by atoms with Gasteiger partial charge in [0.1, 0.15) is 5.76 Å². The Morgan fingerprint density at radius 3 is 2.75 bits per heavy atom. The maximum absolute atomic E-state index is 12.8. The minimum Gasteiger partial charge on any atom is -0.497 e. The van der Waals surface area contributed by atoms with Crippen LogP contribution in [0, 0.1) is 0 Å². The molecule has 4 nitrogen and oxygen atoms in total. The number of ether oxygens (including phenoxy) is 1. The van der Waals surface area contributed by atoms with Crippen LogP contribution in [0.4, 0.5) is 0 Å². The highest BCUT2D eigenvalue weighted by atomic mass is 32.1. The van der Waals surface area contributed by atoms with Crippen LogP contribution in [0.1, 0.15) is 48.8 Å². The molecule has 0 fully saturated rings. The van der Waals surface area contributed by atoms with Gasteiger partial charge in [0, 0.05) is 34.9 Å². The van der Waals surface area contributed by atoms with Crippen molar-refractivity contribution in [1.82, 2.24) is 9.97 Å². The molecular formula is C19H22N2O2S. The third kappa shape index (κ3) is 2.87. The number of aromatic amines is 1. The number of carbonyl (C=O) groups excluding carboxylic acids is 1. The molecule has 0 spiro atoms. The Labute approximate surface area is 146 Å². The van der Waals surface area contributed by atoms with Crippen molar-refractivity contribution in [3.05, 3.63) is 58.2 Å². The molecule has 2 heterocycles. The molecule has 0 bridgehead atoms. The van der Waals surface area contributed by atoms with Gasteiger partial charge in [0.05, 0.1) is 18.4 Å². The molecule has 0 aliphatic heterocycles. The van der Waals surface area contributed by atoms with E-state index in [0.29, 0.717) is 16.3 Å². The number of nitrogens with zero attached hydrogens (tertiary/aromatic N) is 1. The number of carbonyl (C=O) groups is 1. The van der Waals surface area contributed by atoms with Gasteiger partial charge in [0.15, 0.2) is 5.01 Å². The van der Waals surface area contributed by atoms with Gasteiger partial charge in [-0.25, -0.2) is 4.98 Å². The van der Waals surface area contributed by atoms with Crippen LogP contribution in [-0.2, 0) is 10.2 Å². The summed E-state index contributed by atoms with van der Waals surface area (Å²) in [6.45, 7) is 10.1. The average molecular weight is 342 g/mol. The molecule has 0 amide bonds. The summed E-state index contributed by atoms with van der Waals surface area (Å²) >= 11 is 1.39. The zero-order valence-electron chi connectivity index (χ0n) is 14.3. The third-order valence-electron chi connectivity index (χ3n) is 3.96. The van der Waals surface area contributed by atoms with Crippen molar-refractivity contribution in [2.24, 2.45) is 0 Å². The van der Waals surface area contributed by atoms with Gasteiger partial charge in [0.2, 0.25) is 5.78 Å². The second kappa shape index (κ2) is 5.91. The number of hydrogen-bond acceptors (Lipinski definition) is 4. The van der Waals surface area contributed by atoms with Crippen LogP contribution in [0.2, 0.25) is 0 Å². The SMILES string of the molecule is C=C(OC)c1ccc2c(C(=O)c3nc(C(C)(C)C)cs3)c[nH]c2c1.[HH]. The number of rotatable bonds is 4. The predicted molar refractivity (Wildman–Crippen MR) is 101 cm³/mol. The van der Waals surface area contributed by atoms with Crippen LogP contribution in [0.25, 0.3) is 16.7 Å². The molecule has 0 radical (unpaired) electrons. The maximum atomic E-state index is 12.8. The number of methoxy groups -OCH3 is 1. The topological polar surface area (TPSA) is 55.0 Å². The fourth-order valence-electron chi connectivity index (χ4n) is 2.44. The molecule has 24 heavy (non-hydrogen) atoms. The Hall–Kier alpha value is -2.40. The quantitative estimate of drug-likeness (QED) is 0.535. The van der Waals surface area contributed by atoms with Crippen LogP contribution in [-0.4, -0.2) is 22.9 Å². The number of H-pyrrole nitrogens is 1. The monoisotopic (exact) mass is 342 g/mol. The highest BCUT2D eigenvalue weighted by Gasteiger charge is 2.22. The van der Waals surface area contributed by atoms with E-state index in [2.05, 4.69) is 37.3 Å². The van der Waals surface area contributed by atoms with Crippen LogP contribution in [0.5, 0.6) is 0 Å². The summed E-state index contributed by atoms with van der Waals surface area (Å²) in [5, 5.41) is 3.36. The van der Waals surface area contributed by atoms with E-state index in [1.165, 1.54) is 11.3 Å². The molecule has 0 atom stereocenters. The summed E-state index contributed by atoms with van der Waals surface area (Å²) in [4.78, 5) is 20.5. The first-order valence-electron chi connectivity index (χ1n) is 7.66. The summed E-state index contributed by atoms with van der Waals surface area (Å²) in [6, 6.07) is 5.75. The van der Waals surface area contributed by atoms with Crippen molar-refractivity contribution in [1.29, 1.82) is 0 Å². The van der Waals surface area contributed by atoms with Gasteiger partial charge in [-0.1, -0.05) is 39.5 Å². The van der Waals surface area contributed by atoms with E-state index in [4.69, 9.17) is 4.74 Å². The zero-order valence-corrected chi connectivity index (χ0v) is 15.1. The summed E-state index contributed by atoms with van der Waals surface area (Å²) in [5.74, 6) is 0.536. The average Bonchev–Trinajstić information content (AvgIpc) is 3.19. The highest BCUT2D eigenvalue weighted by Crippen LogP contribution is 2.28. The second-order valence-corrected chi connectivity index (χ2v) is 7.57. The van der Waals surface area contributed by atoms with E-state index in [1.807, 2.05) is 23.6 Å². The van der Waals surface area contributed by atoms with Crippen molar-refractivity contribution >= 4 is 33.8 Å². The second-order valence-electron chi connectivity index (χ2n) is 6.71. The largest absolute Gasteiger partial charge is 0.497 e. The fraction of sp³-hybridized carbons (Fsp3) is 0.263. The standard InChI is InChI=1S/C19H20N2O2S.H2/c1-11(23-5)12-6-7-13-14(9-20-15(13)8-12)17(22)18-21-16(10-24-18)19(2,3)4;/h6-10,20H,1H2,2-5H3;1H. The summed E-state index contributed by atoms with van der Waals surface area (Å²) in [5.41, 5.74) is 3.27. The Bertz CT molecular complexity index is 934. The van der Waals surface area contributed by atoms with E-state index < -0.39 is 0 Å². The molecule has 0 unspecified atom stereocenters. The summed E-state index contributed by atoms with van der Waals surface area (Å²) in [6.07, 6.45) is 1.74. The van der Waals surface area contributed by atoms with Crippen LogP contribution in [0.3, 0.4) is 0 Å². The molecule has 126 valence electrons. The number of fused-ring (bicyclic) bond motifs is 1. The highest BCUT2D eigenvalue weighted by molar-refractivity contribution is 7.12. The number of aromatic nitrogens is 2. The number of ketones is 1. The minimum atomic E-state index is -0.0648. The van der Waals surface area contributed by atoms with Crippen molar-refractivity contribution in [3.8, 4) is 0 Å².